The summed E-state index contributed by atoms with van der Waals surface area (Å²) in [6.07, 6.45) is 5.87. The Labute approximate surface area is 128 Å². The number of anilines is 2. The Morgan fingerprint density at radius 2 is 2.20 bits per heavy atom. The van der Waals surface area contributed by atoms with Gasteiger partial charge in [0.15, 0.2) is 0 Å². The van der Waals surface area contributed by atoms with E-state index in [1.807, 2.05) is 13.2 Å². The van der Waals surface area contributed by atoms with Gasteiger partial charge in [0.1, 0.15) is 9.88 Å². The number of nitrogens with one attached hydrogen (secondary N) is 2. The van der Waals surface area contributed by atoms with E-state index in [-0.39, 0.29) is 5.91 Å². The molecule has 1 amide bonds. The van der Waals surface area contributed by atoms with Crippen molar-refractivity contribution in [3.63, 3.8) is 0 Å². The fourth-order valence-electron chi connectivity index (χ4n) is 2.41. The first kappa shape index (κ1) is 15.5. The molecule has 2 rings (SSSR count). The van der Waals surface area contributed by atoms with Crippen LogP contribution in [0.5, 0.6) is 0 Å². The minimum Gasteiger partial charge on any atom is -0.396 e. The van der Waals surface area contributed by atoms with E-state index in [4.69, 9.17) is 5.73 Å². The molecule has 1 aliphatic carbocycles. The zero-order chi connectivity index (χ0) is 14.8. The van der Waals surface area contributed by atoms with Crippen LogP contribution in [0.25, 0.3) is 0 Å². The van der Waals surface area contributed by atoms with Crippen LogP contribution in [-0.2, 0) is 0 Å². The smallest absolute Gasteiger partial charge is 0.263 e. The van der Waals surface area contributed by atoms with Crippen LogP contribution in [0, 0.1) is 5.41 Å². The van der Waals surface area contributed by atoms with Crippen LogP contribution < -0.4 is 16.4 Å². The highest BCUT2D eigenvalue weighted by atomic mass is 32.2. The predicted molar refractivity (Wildman–Crippen MR) is 89.0 cm³/mol. The summed E-state index contributed by atoms with van der Waals surface area (Å²) in [6, 6.07) is 0. The first-order valence-electron chi connectivity index (χ1n) is 6.99. The molecule has 1 fully saturated rings. The van der Waals surface area contributed by atoms with Crippen LogP contribution >= 0.6 is 23.1 Å². The van der Waals surface area contributed by atoms with E-state index < -0.39 is 0 Å². The minimum atomic E-state index is -0.0757. The number of carbonyl (C=O) groups excluding carboxylic acids is 1. The lowest BCUT2D eigenvalue weighted by Gasteiger charge is -2.38. The summed E-state index contributed by atoms with van der Waals surface area (Å²) in [7, 11) is 0. The van der Waals surface area contributed by atoms with Gasteiger partial charge in [0.25, 0.3) is 5.91 Å². The van der Waals surface area contributed by atoms with Crippen molar-refractivity contribution < 1.29 is 4.79 Å². The number of thiophene rings is 1. The SMILES string of the molecule is CCNC(=O)c1sc(NCC2(C)CCC2)c(SC)c1N. The third kappa shape index (κ3) is 3.06. The molecule has 0 aliphatic heterocycles. The molecule has 20 heavy (non-hydrogen) atoms. The van der Waals surface area contributed by atoms with Crippen molar-refractivity contribution in [2.75, 3.05) is 30.4 Å². The average Bonchev–Trinajstić information content (AvgIpc) is 2.71. The molecular weight excluding hydrogens is 290 g/mol. The molecule has 112 valence electrons. The monoisotopic (exact) mass is 313 g/mol. The van der Waals surface area contributed by atoms with Crippen LogP contribution in [0.1, 0.15) is 42.8 Å². The van der Waals surface area contributed by atoms with Crippen molar-refractivity contribution in [1.82, 2.24) is 5.32 Å². The van der Waals surface area contributed by atoms with Crippen LogP contribution in [0.3, 0.4) is 0 Å². The molecule has 0 unspecified atom stereocenters. The van der Waals surface area contributed by atoms with Crippen LogP contribution in [-0.4, -0.2) is 25.3 Å². The van der Waals surface area contributed by atoms with Gasteiger partial charge in [-0.2, -0.15) is 0 Å². The van der Waals surface area contributed by atoms with Crippen LogP contribution in [0.4, 0.5) is 10.7 Å². The van der Waals surface area contributed by atoms with Crippen LogP contribution in [0.15, 0.2) is 4.90 Å². The largest absolute Gasteiger partial charge is 0.396 e. The normalized spacial score (nSPS) is 16.6. The summed E-state index contributed by atoms with van der Waals surface area (Å²) in [5.41, 5.74) is 7.13. The van der Waals surface area contributed by atoms with E-state index in [1.165, 1.54) is 30.6 Å². The molecule has 0 radical (unpaired) electrons. The molecular formula is C14H23N3OS2. The van der Waals surface area contributed by atoms with Crippen LogP contribution in [0.2, 0.25) is 0 Å². The fourth-order valence-corrected chi connectivity index (χ4v) is 4.36. The molecule has 1 aliphatic rings. The number of nitrogens with two attached hydrogens (primary N) is 1. The molecule has 1 heterocycles. The Morgan fingerprint density at radius 3 is 2.70 bits per heavy atom. The maximum absolute atomic E-state index is 12.0. The highest BCUT2D eigenvalue weighted by Crippen LogP contribution is 2.44. The van der Waals surface area contributed by atoms with Crippen molar-refractivity contribution >= 4 is 39.7 Å². The quantitative estimate of drug-likeness (QED) is 0.704. The topological polar surface area (TPSA) is 67.2 Å². The van der Waals surface area contributed by atoms with Crippen molar-refractivity contribution in [3.05, 3.63) is 4.88 Å². The van der Waals surface area contributed by atoms with Gasteiger partial charge in [0, 0.05) is 13.1 Å². The Balaban J connectivity index is 2.15. The second kappa shape index (κ2) is 6.26. The first-order chi connectivity index (χ1) is 9.50. The van der Waals surface area contributed by atoms with E-state index in [1.54, 1.807) is 11.8 Å². The number of nitrogen functional groups attached to an aromatic ring is 1. The second-order valence-electron chi connectivity index (χ2n) is 5.58. The Kier molecular flexibility index (Phi) is 4.86. The highest BCUT2D eigenvalue weighted by molar-refractivity contribution is 7.99. The number of rotatable bonds is 6. The molecule has 0 bridgehead atoms. The second-order valence-corrected chi connectivity index (χ2v) is 7.42. The molecule has 0 atom stereocenters. The highest BCUT2D eigenvalue weighted by Gasteiger charge is 2.32. The Bertz CT molecular complexity index is 495. The Hall–Kier alpha value is -0.880. The molecule has 0 spiro atoms. The van der Waals surface area contributed by atoms with Crippen molar-refractivity contribution in [2.45, 2.75) is 38.0 Å². The van der Waals surface area contributed by atoms with Gasteiger partial charge in [-0.05, 0) is 31.4 Å². The lowest BCUT2D eigenvalue weighted by atomic mass is 9.70. The summed E-state index contributed by atoms with van der Waals surface area (Å²) in [6.45, 7) is 5.79. The molecule has 0 aromatic carbocycles. The van der Waals surface area contributed by atoms with E-state index in [2.05, 4.69) is 17.6 Å². The zero-order valence-corrected chi connectivity index (χ0v) is 14.0. The predicted octanol–water partition coefficient (Wildman–Crippen LogP) is 3.40. The van der Waals surface area contributed by atoms with Gasteiger partial charge in [-0.3, -0.25) is 4.79 Å². The summed E-state index contributed by atoms with van der Waals surface area (Å²) < 4.78 is 0. The van der Waals surface area contributed by atoms with Gasteiger partial charge in [0.05, 0.1) is 10.6 Å². The molecule has 0 saturated heterocycles. The molecule has 1 saturated carbocycles. The number of amides is 1. The van der Waals surface area contributed by atoms with Gasteiger partial charge >= 0.3 is 0 Å². The maximum Gasteiger partial charge on any atom is 0.263 e. The Morgan fingerprint density at radius 1 is 1.50 bits per heavy atom. The van der Waals surface area contributed by atoms with Gasteiger partial charge in [0.2, 0.25) is 0 Å². The maximum atomic E-state index is 12.0. The number of carbonyl (C=O) groups is 1. The summed E-state index contributed by atoms with van der Waals surface area (Å²) in [4.78, 5) is 13.6. The molecule has 4 N–H and O–H groups in total. The molecule has 1 aromatic rings. The van der Waals surface area contributed by atoms with Gasteiger partial charge in [-0.25, -0.2) is 0 Å². The van der Waals surface area contributed by atoms with Gasteiger partial charge in [-0.15, -0.1) is 23.1 Å². The van der Waals surface area contributed by atoms with Crippen molar-refractivity contribution in [1.29, 1.82) is 0 Å². The van der Waals surface area contributed by atoms with Gasteiger partial charge in [-0.1, -0.05) is 13.3 Å². The standard InChI is InChI=1S/C14H23N3OS2/c1-4-16-12(18)10-9(15)11(19-3)13(20-10)17-8-14(2)6-5-7-14/h17H,4-8,15H2,1-3H3,(H,16,18). The van der Waals surface area contributed by atoms with Gasteiger partial charge < -0.3 is 16.4 Å². The first-order valence-corrected chi connectivity index (χ1v) is 9.03. The third-order valence-electron chi connectivity index (χ3n) is 3.88. The third-order valence-corrected chi connectivity index (χ3v) is 6.01. The average molecular weight is 313 g/mol. The minimum absolute atomic E-state index is 0.0757. The number of hydrogen-bond acceptors (Lipinski definition) is 5. The summed E-state index contributed by atoms with van der Waals surface area (Å²) in [5.74, 6) is -0.0757. The molecule has 1 aromatic heterocycles. The lowest BCUT2D eigenvalue weighted by Crippen LogP contribution is -2.33. The number of thioether (sulfide) groups is 1. The van der Waals surface area contributed by atoms with E-state index in [0.717, 1.165) is 16.4 Å². The van der Waals surface area contributed by atoms with Crippen molar-refractivity contribution in [3.8, 4) is 0 Å². The fraction of sp³-hybridized carbons (Fsp3) is 0.643. The number of hydrogen-bond donors (Lipinski definition) is 3. The molecule has 4 nitrogen and oxygen atoms in total. The molecule has 6 heteroatoms. The van der Waals surface area contributed by atoms with E-state index in [9.17, 15) is 4.79 Å². The van der Waals surface area contributed by atoms with E-state index in [0.29, 0.717) is 22.5 Å². The summed E-state index contributed by atoms with van der Waals surface area (Å²) >= 11 is 3.06. The summed E-state index contributed by atoms with van der Waals surface area (Å²) in [5, 5.41) is 7.35. The zero-order valence-electron chi connectivity index (χ0n) is 12.3. The lowest BCUT2D eigenvalue weighted by molar-refractivity contribution is 0.0960. The van der Waals surface area contributed by atoms with E-state index >= 15 is 0 Å². The van der Waals surface area contributed by atoms with Crippen molar-refractivity contribution in [2.24, 2.45) is 5.41 Å².